The van der Waals surface area contributed by atoms with E-state index >= 15 is 0 Å². The molecule has 0 bridgehead atoms. The van der Waals surface area contributed by atoms with Crippen LogP contribution in [0.25, 0.3) is 0 Å². The Morgan fingerprint density at radius 2 is 1.90 bits per heavy atom. The minimum atomic E-state index is 0.292. The van der Waals surface area contributed by atoms with Gasteiger partial charge in [0.05, 0.1) is 0 Å². The van der Waals surface area contributed by atoms with Crippen molar-refractivity contribution in [3.63, 3.8) is 0 Å². The Bertz CT molecular complexity index is 765. The van der Waals surface area contributed by atoms with Crippen LogP contribution in [0.15, 0.2) is 47.1 Å². The topological polar surface area (TPSA) is 20.2 Å². The molecule has 0 unspecified atom stereocenters. The molecule has 0 amide bonds. The highest BCUT2D eigenvalue weighted by Crippen LogP contribution is 2.63. The van der Waals surface area contributed by atoms with Crippen LogP contribution < -0.4 is 0 Å². The Kier molecular flexibility index (Phi) is 6.24. The van der Waals surface area contributed by atoms with Gasteiger partial charge in [0.25, 0.3) is 0 Å². The summed E-state index contributed by atoms with van der Waals surface area (Å²) in [6.07, 6.45) is 22.9. The summed E-state index contributed by atoms with van der Waals surface area (Å²) in [5, 5.41) is 9.42. The van der Waals surface area contributed by atoms with Gasteiger partial charge in [-0.1, -0.05) is 77.0 Å². The Labute approximate surface area is 185 Å². The summed E-state index contributed by atoms with van der Waals surface area (Å²) in [5.41, 5.74) is 5.80. The molecular formula is C29H44O. The molecule has 30 heavy (non-hydrogen) atoms. The fraction of sp³-hybridized carbons (Fsp3) is 0.724. The van der Waals surface area contributed by atoms with E-state index in [4.69, 9.17) is 0 Å². The van der Waals surface area contributed by atoms with E-state index in [1.807, 2.05) is 0 Å². The van der Waals surface area contributed by atoms with Gasteiger partial charge in [0.2, 0.25) is 0 Å². The lowest BCUT2D eigenvalue weighted by Crippen LogP contribution is -2.39. The Hall–Kier alpha value is -1.08. The number of aliphatic hydroxyl groups is 1. The number of aliphatic hydroxyl groups excluding tert-OH is 1. The summed E-state index contributed by atoms with van der Waals surface area (Å²) < 4.78 is 0. The molecule has 0 radical (unpaired) electrons. The van der Waals surface area contributed by atoms with E-state index in [0.29, 0.717) is 35.2 Å². The molecule has 1 heteroatoms. The second kappa shape index (κ2) is 8.45. The van der Waals surface area contributed by atoms with E-state index in [2.05, 4.69) is 65.0 Å². The van der Waals surface area contributed by atoms with Crippen LogP contribution in [0.3, 0.4) is 0 Å². The van der Waals surface area contributed by atoms with Crippen LogP contribution >= 0.6 is 0 Å². The molecule has 2 saturated carbocycles. The molecule has 1 N–H and O–H groups in total. The minimum absolute atomic E-state index is 0.292. The first-order valence-corrected chi connectivity index (χ1v) is 12.7. The minimum Gasteiger partial charge on any atom is -0.396 e. The fourth-order valence-electron chi connectivity index (χ4n) is 7.56. The monoisotopic (exact) mass is 408 g/mol. The number of hydrogen-bond acceptors (Lipinski definition) is 1. The summed E-state index contributed by atoms with van der Waals surface area (Å²) in [7, 11) is 0. The predicted octanol–water partition coefficient (Wildman–Crippen LogP) is 7.64. The van der Waals surface area contributed by atoms with Crippen LogP contribution in [0.1, 0.15) is 86.0 Å². The lowest BCUT2D eigenvalue weighted by Gasteiger charge is -2.50. The van der Waals surface area contributed by atoms with Gasteiger partial charge in [0.15, 0.2) is 0 Å². The van der Waals surface area contributed by atoms with E-state index < -0.39 is 0 Å². The van der Waals surface area contributed by atoms with Crippen LogP contribution in [-0.2, 0) is 0 Å². The average Bonchev–Trinajstić information content (AvgIpc) is 3.07. The maximum Gasteiger partial charge on any atom is 0.0436 e. The molecule has 0 saturated heterocycles. The van der Waals surface area contributed by atoms with Gasteiger partial charge in [0.1, 0.15) is 0 Å². The maximum atomic E-state index is 9.42. The van der Waals surface area contributed by atoms with Crippen molar-refractivity contribution in [2.75, 3.05) is 6.61 Å². The van der Waals surface area contributed by atoms with Gasteiger partial charge in [-0.15, -0.1) is 0 Å². The van der Waals surface area contributed by atoms with Gasteiger partial charge >= 0.3 is 0 Å². The van der Waals surface area contributed by atoms with Gasteiger partial charge in [-0.3, -0.25) is 0 Å². The lowest BCUT2D eigenvalue weighted by atomic mass is 9.54. The van der Waals surface area contributed by atoms with Crippen LogP contribution in [-0.4, -0.2) is 11.7 Å². The summed E-state index contributed by atoms with van der Waals surface area (Å²) in [6.45, 7) is 12.4. The molecular weight excluding hydrogens is 364 g/mol. The van der Waals surface area contributed by atoms with Crippen molar-refractivity contribution in [2.24, 2.45) is 40.4 Å². The average molecular weight is 409 g/mol. The molecule has 2 fully saturated rings. The molecule has 1 nitrogen and oxygen atoms in total. The van der Waals surface area contributed by atoms with Crippen molar-refractivity contribution >= 4 is 0 Å². The molecule has 0 aliphatic heterocycles. The van der Waals surface area contributed by atoms with Gasteiger partial charge in [-0.2, -0.15) is 0 Å². The van der Waals surface area contributed by atoms with E-state index in [1.54, 1.807) is 16.7 Å². The van der Waals surface area contributed by atoms with Crippen LogP contribution in [0, 0.1) is 40.4 Å². The number of fused-ring (bicyclic) bond motifs is 5. The molecule has 0 aromatic carbocycles. The highest BCUT2D eigenvalue weighted by Gasteiger charge is 2.53. The third-order valence-electron chi connectivity index (χ3n) is 9.60. The van der Waals surface area contributed by atoms with Crippen molar-refractivity contribution in [2.45, 2.75) is 86.0 Å². The summed E-state index contributed by atoms with van der Waals surface area (Å²) in [5.74, 6) is 3.18. The largest absolute Gasteiger partial charge is 0.396 e. The molecule has 4 rings (SSSR count). The highest BCUT2D eigenvalue weighted by atomic mass is 16.3. The molecule has 4 aliphatic rings. The molecule has 4 aliphatic carbocycles. The van der Waals surface area contributed by atoms with Gasteiger partial charge in [0, 0.05) is 12.0 Å². The normalized spacial score (nSPS) is 37.8. The quantitative estimate of drug-likeness (QED) is 0.448. The Balaban J connectivity index is 1.57. The van der Waals surface area contributed by atoms with Crippen molar-refractivity contribution in [1.82, 2.24) is 0 Å². The lowest BCUT2D eigenvalue weighted by molar-refractivity contribution is 0.141. The van der Waals surface area contributed by atoms with Crippen molar-refractivity contribution < 1.29 is 5.11 Å². The van der Waals surface area contributed by atoms with Crippen LogP contribution in [0.4, 0.5) is 0 Å². The molecule has 6 atom stereocenters. The van der Waals surface area contributed by atoms with E-state index in [9.17, 15) is 5.11 Å². The first-order valence-electron chi connectivity index (χ1n) is 12.7. The molecule has 0 aromatic heterocycles. The summed E-state index contributed by atoms with van der Waals surface area (Å²) in [6, 6.07) is 0. The number of hydrogen-bond donors (Lipinski definition) is 1. The second-order valence-electron chi connectivity index (χ2n) is 11.6. The van der Waals surface area contributed by atoms with Crippen LogP contribution in [0.2, 0.25) is 0 Å². The number of allylic oxidation sites excluding steroid dienone is 8. The maximum absolute atomic E-state index is 9.42. The standard InChI is InChI=1S/C29H44O/c1-20(2)22(16-19-30)10-9-21(3)25-13-14-26-24-12-11-23-8-6-7-17-28(23,4)27(24)15-18-29(25,26)5/h9-12,15,20-22,25-26,30H,6-8,13-14,16-19H2,1-5H3/t21-,22+,25-,26+,28+,29-/m1/s1. The molecule has 0 spiro atoms. The first-order chi connectivity index (χ1) is 14.3. The van der Waals surface area contributed by atoms with Crippen molar-refractivity contribution in [3.05, 3.63) is 47.1 Å². The van der Waals surface area contributed by atoms with Crippen molar-refractivity contribution in [3.8, 4) is 0 Å². The third kappa shape index (κ3) is 3.60. The second-order valence-corrected chi connectivity index (χ2v) is 11.6. The predicted molar refractivity (Wildman–Crippen MR) is 128 cm³/mol. The number of rotatable bonds is 6. The summed E-state index contributed by atoms with van der Waals surface area (Å²) in [4.78, 5) is 0. The molecule has 166 valence electrons. The zero-order valence-corrected chi connectivity index (χ0v) is 20.1. The fourth-order valence-corrected chi connectivity index (χ4v) is 7.56. The van der Waals surface area contributed by atoms with E-state index in [-0.39, 0.29) is 0 Å². The molecule has 0 heterocycles. The zero-order valence-electron chi connectivity index (χ0n) is 20.1. The first kappa shape index (κ1) is 22.1. The summed E-state index contributed by atoms with van der Waals surface area (Å²) >= 11 is 0. The zero-order chi connectivity index (χ0) is 21.5. The highest BCUT2D eigenvalue weighted by molar-refractivity contribution is 5.53. The van der Waals surface area contributed by atoms with Gasteiger partial charge < -0.3 is 5.11 Å². The van der Waals surface area contributed by atoms with Crippen LogP contribution in [0.5, 0.6) is 0 Å². The van der Waals surface area contributed by atoms with Gasteiger partial charge in [-0.05, 0) is 91.1 Å². The Morgan fingerprint density at radius 3 is 2.63 bits per heavy atom. The van der Waals surface area contributed by atoms with Crippen molar-refractivity contribution in [1.29, 1.82) is 0 Å². The smallest absolute Gasteiger partial charge is 0.0436 e. The SMILES string of the molecule is CC(C)[C@@H](C=C[C@@H](C)[C@H]1CC[C@H]2C3=CC=C4CCCC[C@]4(C)C3=CC[C@]12C)CCO. The Morgan fingerprint density at radius 1 is 1.10 bits per heavy atom. The van der Waals surface area contributed by atoms with E-state index in [1.165, 1.54) is 44.9 Å². The van der Waals surface area contributed by atoms with E-state index in [0.717, 1.165) is 18.3 Å². The molecule has 0 aromatic rings. The van der Waals surface area contributed by atoms with Gasteiger partial charge in [-0.25, -0.2) is 0 Å². The third-order valence-corrected chi connectivity index (χ3v) is 9.60.